The maximum atomic E-state index is 13.0. The molecule has 0 radical (unpaired) electrons. The molecule has 1 saturated heterocycles. The Balaban J connectivity index is 0.00000220. The van der Waals surface area contributed by atoms with E-state index in [0.29, 0.717) is 13.1 Å². The molecule has 1 aromatic carbocycles. The van der Waals surface area contributed by atoms with E-state index in [1.54, 1.807) is 4.90 Å². The highest BCUT2D eigenvalue weighted by Crippen LogP contribution is 2.14. The molecule has 0 unspecified atom stereocenters. The van der Waals surface area contributed by atoms with Crippen LogP contribution < -0.4 is 5.73 Å². The molecule has 2 rings (SSSR count). The molecule has 0 aliphatic carbocycles. The maximum absolute atomic E-state index is 13.0. The zero-order valence-electron chi connectivity index (χ0n) is 11.4. The van der Waals surface area contributed by atoms with Crippen LogP contribution in [0.25, 0.3) is 0 Å². The molecule has 1 amide bonds. The van der Waals surface area contributed by atoms with Crippen LogP contribution in [0.5, 0.6) is 0 Å². The molecule has 21 heavy (non-hydrogen) atoms. The fourth-order valence-electron chi connectivity index (χ4n) is 2.21. The first-order valence-corrected chi connectivity index (χ1v) is 6.49. The molecule has 2 N–H and O–H groups in total. The average Bonchev–Trinajstić information content (AvgIpc) is 2.85. The van der Waals surface area contributed by atoms with Crippen molar-refractivity contribution in [2.24, 2.45) is 5.73 Å². The first kappa shape index (κ1) is 17.5. The lowest BCUT2D eigenvalue weighted by Crippen LogP contribution is -2.32. The SMILES string of the molecule is Cl.N[C@@H]1CCN(C(=O)CCC(=O)c2ccc(F)c(F)c2)C1. The molecular formula is C14H17ClF2N2O2. The van der Waals surface area contributed by atoms with Gasteiger partial charge in [-0.25, -0.2) is 8.78 Å². The highest BCUT2D eigenvalue weighted by Gasteiger charge is 2.23. The third-order valence-electron chi connectivity index (χ3n) is 3.38. The van der Waals surface area contributed by atoms with Gasteiger partial charge in [0.2, 0.25) is 5.91 Å². The van der Waals surface area contributed by atoms with E-state index in [1.165, 1.54) is 6.07 Å². The van der Waals surface area contributed by atoms with E-state index in [2.05, 4.69) is 0 Å². The van der Waals surface area contributed by atoms with Gasteiger partial charge in [-0.1, -0.05) is 0 Å². The van der Waals surface area contributed by atoms with Crippen molar-refractivity contribution in [2.75, 3.05) is 13.1 Å². The molecule has 116 valence electrons. The van der Waals surface area contributed by atoms with Gasteiger partial charge in [-0.05, 0) is 24.6 Å². The lowest BCUT2D eigenvalue weighted by atomic mass is 10.1. The van der Waals surface area contributed by atoms with Crippen LogP contribution in [0, 0.1) is 11.6 Å². The second-order valence-corrected chi connectivity index (χ2v) is 4.94. The fraction of sp³-hybridized carbons (Fsp3) is 0.429. The van der Waals surface area contributed by atoms with Crippen molar-refractivity contribution in [1.82, 2.24) is 4.90 Å². The number of nitrogens with zero attached hydrogens (tertiary/aromatic N) is 1. The Morgan fingerprint density at radius 3 is 2.52 bits per heavy atom. The highest BCUT2D eigenvalue weighted by molar-refractivity contribution is 5.97. The van der Waals surface area contributed by atoms with E-state index in [9.17, 15) is 18.4 Å². The van der Waals surface area contributed by atoms with Gasteiger partial charge in [0.15, 0.2) is 17.4 Å². The molecular weight excluding hydrogens is 302 g/mol. The van der Waals surface area contributed by atoms with Gasteiger partial charge in [0.1, 0.15) is 0 Å². The smallest absolute Gasteiger partial charge is 0.223 e. The van der Waals surface area contributed by atoms with Crippen molar-refractivity contribution in [2.45, 2.75) is 25.3 Å². The number of hydrogen-bond donors (Lipinski definition) is 1. The van der Waals surface area contributed by atoms with Crippen molar-refractivity contribution < 1.29 is 18.4 Å². The van der Waals surface area contributed by atoms with Gasteiger partial charge >= 0.3 is 0 Å². The second-order valence-electron chi connectivity index (χ2n) is 4.94. The molecule has 1 atom stereocenters. The third kappa shape index (κ3) is 4.47. The van der Waals surface area contributed by atoms with Crippen molar-refractivity contribution in [3.8, 4) is 0 Å². The van der Waals surface area contributed by atoms with E-state index in [0.717, 1.165) is 18.6 Å². The summed E-state index contributed by atoms with van der Waals surface area (Å²) in [5.41, 5.74) is 5.78. The number of rotatable bonds is 4. The number of likely N-dealkylation sites (tertiary alicyclic amines) is 1. The number of hydrogen-bond acceptors (Lipinski definition) is 3. The summed E-state index contributed by atoms with van der Waals surface area (Å²) in [5.74, 6) is -2.56. The molecule has 4 nitrogen and oxygen atoms in total. The Hall–Kier alpha value is -1.53. The predicted molar refractivity (Wildman–Crippen MR) is 76.3 cm³/mol. The monoisotopic (exact) mass is 318 g/mol. The van der Waals surface area contributed by atoms with E-state index in [-0.39, 0.29) is 48.5 Å². The summed E-state index contributed by atoms with van der Waals surface area (Å²) in [6, 6.07) is 2.98. The molecule has 0 saturated carbocycles. The normalized spacial score (nSPS) is 17.5. The third-order valence-corrected chi connectivity index (χ3v) is 3.38. The summed E-state index contributed by atoms with van der Waals surface area (Å²) in [6.45, 7) is 1.12. The van der Waals surface area contributed by atoms with E-state index < -0.39 is 11.6 Å². The summed E-state index contributed by atoms with van der Waals surface area (Å²) in [6.07, 6.45) is 0.809. The largest absolute Gasteiger partial charge is 0.341 e. The van der Waals surface area contributed by atoms with Crippen LogP contribution in [-0.4, -0.2) is 35.7 Å². The summed E-state index contributed by atoms with van der Waals surface area (Å²) in [7, 11) is 0. The minimum absolute atomic E-state index is 0. The number of Topliss-reactive ketones (excluding diaryl/α,β-unsaturated/α-hetero) is 1. The Morgan fingerprint density at radius 2 is 1.95 bits per heavy atom. The van der Waals surface area contributed by atoms with Crippen molar-refractivity contribution in [3.05, 3.63) is 35.4 Å². The van der Waals surface area contributed by atoms with Crippen LogP contribution in [0.4, 0.5) is 8.78 Å². The summed E-state index contributed by atoms with van der Waals surface area (Å²) in [4.78, 5) is 25.3. The van der Waals surface area contributed by atoms with Crippen LogP contribution in [0.1, 0.15) is 29.6 Å². The molecule has 0 spiro atoms. The molecule has 7 heteroatoms. The van der Waals surface area contributed by atoms with Gasteiger partial charge in [0.25, 0.3) is 0 Å². The molecule has 0 aromatic heterocycles. The fourth-order valence-corrected chi connectivity index (χ4v) is 2.21. The molecule has 1 aromatic rings. The standard InChI is InChI=1S/C14H16F2N2O2.ClH/c15-11-2-1-9(7-12(11)16)13(19)3-4-14(20)18-6-5-10(17)8-18;/h1-2,7,10H,3-6,8,17H2;1H/t10-;/m1./s1. The van der Waals surface area contributed by atoms with Crippen LogP contribution >= 0.6 is 12.4 Å². The Morgan fingerprint density at radius 1 is 1.24 bits per heavy atom. The number of carbonyl (C=O) groups excluding carboxylic acids is 2. The zero-order valence-corrected chi connectivity index (χ0v) is 12.2. The van der Waals surface area contributed by atoms with E-state index >= 15 is 0 Å². The summed E-state index contributed by atoms with van der Waals surface area (Å²) >= 11 is 0. The minimum Gasteiger partial charge on any atom is -0.341 e. The van der Waals surface area contributed by atoms with Gasteiger partial charge in [-0.3, -0.25) is 9.59 Å². The lowest BCUT2D eigenvalue weighted by Gasteiger charge is -2.15. The first-order valence-electron chi connectivity index (χ1n) is 6.49. The highest BCUT2D eigenvalue weighted by atomic mass is 35.5. The van der Waals surface area contributed by atoms with E-state index in [4.69, 9.17) is 5.73 Å². The Kier molecular flexibility index (Phi) is 6.23. The van der Waals surface area contributed by atoms with Crippen LogP contribution in [0.3, 0.4) is 0 Å². The van der Waals surface area contributed by atoms with Gasteiger partial charge in [0, 0.05) is 37.5 Å². The van der Waals surface area contributed by atoms with Crippen LogP contribution in [-0.2, 0) is 4.79 Å². The number of halogens is 3. The Bertz CT molecular complexity index is 540. The first-order chi connectivity index (χ1) is 9.47. The second kappa shape index (κ2) is 7.47. The van der Waals surface area contributed by atoms with Gasteiger partial charge in [0.05, 0.1) is 0 Å². The van der Waals surface area contributed by atoms with Crippen LogP contribution in [0.15, 0.2) is 18.2 Å². The number of nitrogens with two attached hydrogens (primary N) is 1. The number of carbonyl (C=O) groups is 2. The molecule has 1 aliphatic heterocycles. The van der Waals surface area contributed by atoms with Gasteiger partial charge in [-0.15, -0.1) is 12.4 Å². The lowest BCUT2D eigenvalue weighted by molar-refractivity contribution is -0.130. The molecule has 1 heterocycles. The summed E-state index contributed by atoms with van der Waals surface area (Å²) in [5, 5.41) is 0. The van der Waals surface area contributed by atoms with E-state index in [1.807, 2.05) is 0 Å². The van der Waals surface area contributed by atoms with Crippen molar-refractivity contribution in [3.63, 3.8) is 0 Å². The maximum Gasteiger partial charge on any atom is 0.223 e. The number of benzene rings is 1. The molecule has 1 aliphatic rings. The minimum atomic E-state index is -1.06. The predicted octanol–water partition coefficient (Wildman–Crippen LogP) is 1.91. The van der Waals surface area contributed by atoms with Crippen LogP contribution in [0.2, 0.25) is 0 Å². The number of ketones is 1. The van der Waals surface area contributed by atoms with Gasteiger partial charge in [-0.2, -0.15) is 0 Å². The molecule has 1 fully saturated rings. The Labute approximate surface area is 127 Å². The van der Waals surface area contributed by atoms with Crippen molar-refractivity contribution >= 4 is 24.1 Å². The van der Waals surface area contributed by atoms with Crippen molar-refractivity contribution in [1.29, 1.82) is 0 Å². The number of amides is 1. The van der Waals surface area contributed by atoms with Gasteiger partial charge < -0.3 is 10.6 Å². The quantitative estimate of drug-likeness (QED) is 0.863. The average molecular weight is 319 g/mol. The summed E-state index contributed by atoms with van der Waals surface area (Å²) < 4.78 is 25.8. The molecule has 0 bridgehead atoms. The zero-order chi connectivity index (χ0) is 14.7. The topological polar surface area (TPSA) is 63.4 Å².